The first-order valence-corrected chi connectivity index (χ1v) is 12.9. The summed E-state index contributed by atoms with van der Waals surface area (Å²) in [6.07, 6.45) is 4.19. The Bertz CT molecular complexity index is 1550. The Labute approximate surface area is 223 Å². The molecule has 2 aromatic carbocycles. The molecule has 0 aliphatic carbocycles. The highest BCUT2D eigenvalue weighted by atomic mass is 35.5. The summed E-state index contributed by atoms with van der Waals surface area (Å²) in [4.78, 5) is 16.0. The number of aliphatic hydroxyl groups is 1. The average molecular weight is 536 g/mol. The number of halogens is 1. The van der Waals surface area contributed by atoms with Gasteiger partial charge in [-0.2, -0.15) is 0 Å². The van der Waals surface area contributed by atoms with Gasteiger partial charge in [0.1, 0.15) is 27.8 Å². The standard InChI is InChI=1S/C27H26ClN5O3S/c1-33-14-21(30-15-33)25-31-26(29-11-4-12-34)23-22(16-5-7-17(35-2)8-6-16)24(37-27(23)32-25)19-13-18(36-3)9-10-20(19)28/h5-10,13-15,34H,4,11-12H2,1-3H3,(H,29,31,32). The first kappa shape index (κ1) is 25.0. The number of aromatic nitrogens is 4. The van der Waals surface area contributed by atoms with Gasteiger partial charge < -0.3 is 24.5 Å². The Hall–Kier alpha value is -3.66. The molecule has 3 aromatic heterocycles. The van der Waals surface area contributed by atoms with Crippen LogP contribution in [0.15, 0.2) is 55.0 Å². The lowest BCUT2D eigenvalue weighted by atomic mass is 9.99. The Balaban J connectivity index is 1.82. The molecule has 0 atom stereocenters. The summed E-state index contributed by atoms with van der Waals surface area (Å²) in [5.41, 5.74) is 3.45. The van der Waals surface area contributed by atoms with Crippen LogP contribution in [0.1, 0.15) is 6.42 Å². The number of ether oxygens (including phenoxy) is 2. The number of fused-ring (bicyclic) bond motifs is 1. The third kappa shape index (κ3) is 4.98. The number of nitrogens with zero attached hydrogens (tertiary/aromatic N) is 4. The third-order valence-corrected chi connectivity index (χ3v) is 7.36. The van der Waals surface area contributed by atoms with E-state index in [1.54, 1.807) is 20.5 Å². The summed E-state index contributed by atoms with van der Waals surface area (Å²) in [6.45, 7) is 0.630. The molecule has 0 radical (unpaired) electrons. The van der Waals surface area contributed by atoms with Crippen LogP contribution >= 0.6 is 22.9 Å². The van der Waals surface area contributed by atoms with E-state index >= 15 is 0 Å². The number of benzene rings is 2. The molecule has 190 valence electrons. The first-order chi connectivity index (χ1) is 18.0. The van der Waals surface area contributed by atoms with Gasteiger partial charge in [0.25, 0.3) is 0 Å². The highest BCUT2D eigenvalue weighted by molar-refractivity contribution is 7.22. The van der Waals surface area contributed by atoms with Gasteiger partial charge in [-0.25, -0.2) is 15.0 Å². The Morgan fingerprint density at radius 1 is 1.05 bits per heavy atom. The topological polar surface area (TPSA) is 94.3 Å². The van der Waals surface area contributed by atoms with Crippen molar-refractivity contribution in [3.8, 4) is 44.6 Å². The highest BCUT2D eigenvalue weighted by Crippen LogP contribution is 2.49. The second kappa shape index (κ2) is 10.8. The van der Waals surface area contributed by atoms with Crippen molar-refractivity contribution < 1.29 is 14.6 Å². The van der Waals surface area contributed by atoms with Crippen LogP contribution in [0.4, 0.5) is 5.82 Å². The zero-order chi connectivity index (χ0) is 25.9. The summed E-state index contributed by atoms with van der Waals surface area (Å²) < 4.78 is 12.8. The molecule has 2 N–H and O–H groups in total. The SMILES string of the molecule is COc1ccc(-c2c(-c3cc(OC)ccc3Cl)sc3nc(-c4cn(C)cn4)nc(NCCCO)c23)cc1. The van der Waals surface area contributed by atoms with Crippen LogP contribution in [0.25, 0.3) is 43.3 Å². The zero-order valence-electron chi connectivity index (χ0n) is 20.7. The number of rotatable bonds is 9. The molecule has 5 rings (SSSR count). The molecular formula is C27H26ClN5O3S. The van der Waals surface area contributed by atoms with Crippen molar-refractivity contribution in [3.05, 3.63) is 60.0 Å². The van der Waals surface area contributed by atoms with E-state index in [0.717, 1.165) is 37.5 Å². The second-order valence-electron chi connectivity index (χ2n) is 8.38. The molecule has 0 fully saturated rings. The van der Waals surface area contributed by atoms with E-state index in [-0.39, 0.29) is 6.61 Å². The van der Waals surface area contributed by atoms with Crippen molar-refractivity contribution in [1.29, 1.82) is 0 Å². The van der Waals surface area contributed by atoms with Gasteiger partial charge in [-0.3, -0.25) is 0 Å². The van der Waals surface area contributed by atoms with Gasteiger partial charge in [-0.05, 0) is 42.3 Å². The molecule has 3 heterocycles. The smallest absolute Gasteiger partial charge is 0.183 e. The van der Waals surface area contributed by atoms with Gasteiger partial charge in [-0.1, -0.05) is 23.7 Å². The van der Waals surface area contributed by atoms with E-state index in [4.69, 9.17) is 31.0 Å². The molecule has 0 aliphatic heterocycles. The van der Waals surface area contributed by atoms with E-state index in [0.29, 0.717) is 41.1 Å². The monoisotopic (exact) mass is 535 g/mol. The number of hydrogen-bond acceptors (Lipinski definition) is 8. The number of imidazole rings is 1. The lowest BCUT2D eigenvalue weighted by Gasteiger charge is -2.12. The Kier molecular flexibility index (Phi) is 7.27. The molecule has 8 nitrogen and oxygen atoms in total. The summed E-state index contributed by atoms with van der Waals surface area (Å²) in [5, 5.41) is 14.3. The summed E-state index contributed by atoms with van der Waals surface area (Å²) in [7, 11) is 5.19. The predicted octanol–water partition coefficient (Wildman–Crippen LogP) is 5.89. The maximum Gasteiger partial charge on any atom is 0.183 e. The number of methoxy groups -OCH3 is 2. The molecule has 0 spiro atoms. The molecule has 0 unspecified atom stereocenters. The maximum atomic E-state index is 9.39. The molecule has 0 bridgehead atoms. The summed E-state index contributed by atoms with van der Waals surface area (Å²) >= 11 is 8.27. The summed E-state index contributed by atoms with van der Waals surface area (Å²) in [5.74, 6) is 2.66. The van der Waals surface area contributed by atoms with Gasteiger partial charge >= 0.3 is 0 Å². The lowest BCUT2D eigenvalue weighted by molar-refractivity contribution is 0.292. The Morgan fingerprint density at radius 3 is 2.49 bits per heavy atom. The predicted molar refractivity (Wildman–Crippen MR) is 149 cm³/mol. The van der Waals surface area contributed by atoms with E-state index < -0.39 is 0 Å². The number of hydrogen-bond donors (Lipinski definition) is 2. The zero-order valence-corrected chi connectivity index (χ0v) is 22.2. The first-order valence-electron chi connectivity index (χ1n) is 11.7. The van der Waals surface area contributed by atoms with Crippen molar-refractivity contribution in [2.24, 2.45) is 7.05 Å². The fourth-order valence-corrected chi connectivity index (χ4v) is 5.58. The van der Waals surface area contributed by atoms with Crippen LogP contribution in [-0.2, 0) is 7.05 Å². The van der Waals surface area contributed by atoms with Gasteiger partial charge in [0.2, 0.25) is 0 Å². The number of aliphatic hydroxyl groups excluding tert-OH is 1. The second-order valence-corrected chi connectivity index (χ2v) is 9.79. The van der Waals surface area contributed by atoms with Crippen molar-refractivity contribution in [3.63, 3.8) is 0 Å². The van der Waals surface area contributed by atoms with E-state index in [2.05, 4.69) is 10.3 Å². The van der Waals surface area contributed by atoms with E-state index in [9.17, 15) is 5.11 Å². The normalized spacial score (nSPS) is 11.2. The molecule has 37 heavy (non-hydrogen) atoms. The maximum absolute atomic E-state index is 9.39. The van der Waals surface area contributed by atoms with Crippen molar-refractivity contribution in [1.82, 2.24) is 19.5 Å². The fourth-order valence-electron chi connectivity index (χ4n) is 4.09. The van der Waals surface area contributed by atoms with Gasteiger partial charge in [0.05, 0.1) is 25.9 Å². The van der Waals surface area contributed by atoms with Gasteiger partial charge in [0.15, 0.2) is 5.82 Å². The number of aryl methyl sites for hydroxylation is 1. The Morgan fingerprint density at radius 2 is 1.81 bits per heavy atom. The van der Waals surface area contributed by atoms with Crippen LogP contribution in [0.5, 0.6) is 11.5 Å². The molecule has 0 aliphatic rings. The largest absolute Gasteiger partial charge is 0.497 e. The highest BCUT2D eigenvalue weighted by Gasteiger charge is 2.24. The fraction of sp³-hybridized carbons (Fsp3) is 0.222. The molecule has 0 saturated carbocycles. The molecule has 5 aromatic rings. The number of nitrogens with one attached hydrogen (secondary N) is 1. The quantitative estimate of drug-likeness (QED) is 0.227. The lowest BCUT2D eigenvalue weighted by Crippen LogP contribution is -2.07. The number of anilines is 1. The molecule has 0 amide bonds. The van der Waals surface area contributed by atoms with Crippen molar-refractivity contribution >= 4 is 39.0 Å². The minimum atomic E-state index is 0.0773. The van der Waals surface area contributed by atoms with Crippen LogP contribution in [0.2, 0.25) is 5.02 Å². The van der Waals surface area contributed by atoms with Crippen LogP contribution < -0.4 is 14.8 Å². The minimum absolute atomic E-state index is 0.0773. The van der Waals surface area contributed by atoms with Crippen LogP contribution in [0.3, 0.4) is 0 Å². The van der Waals surface area contributed by atoms with Crippen molar-refractivity contribution in [2.75, 3.05) is 32.7 Å². The van der Waals surface area contributed by atoms with E-state index in [1.165, 1.54) is 11.3 Å². The average Bonchev–Trinajstić information content (AvgIpc) is 3.53. The van der Waals surface area contributed by atoms with Crippen LogP contribution in [0, 0.1) is 0 Å². The number of thiophene rings is 1. The molecule has 0 saturated heterocycles. The van der Waals surface area contributed by atoms with Gasteiger partial charge in [0, 0.05) is 47.4 Å². The molecular weight excluding hydrogens is 510 g/mol. The summed E-state index contributed by atoms with van der Waals surface area (Å²) in [6, 6.07) is 13.5. The van der Waals surface area contributed by atoms with Crippen LogP contribution in [-0.4, -0.2) is 52.0 Å². The van der Waals surface area contributed by atoms with Crippen molar-refractivity contribution in [2.45, 2.75) is 6.42 Å². The van der Waals surface area contributed by atoms with Gasteiger partial charge in [-0.15, -0.1) is 11.3 Å². The van der Waals surface area contributed by atoms with E-state index in [1.807, 2.05) is 60.3 Å². The third-order valence-electron chi connectivity index (χ3n) is 5.91. The minimum Gasteiger partial charge on any atom is -0.497 e. The molecule has 10 heteroatoms.